The Bertz CT molecular complexity index is 2080. The van der Waals surface area contributed by atoms with Crippen molar-refractivity contribution in [2.75, 3.05) is 32.6 Å². The molecule has 0 spiro atoms. The largest absolute Gasteiger partial charge is 0.453 e. The van der Waals surface area contributed by atoms with Gasteiger partial charge in [0.05, 0.1) is 32.2 Å². The molecule has 0 bridgehead atoms. The molecule has 3 aromatic carbocycles. The molecule has 4 N–H and O–H groups in total. The fourth-order valence-corrected chi connectivity index (χ4v) is 7.60. The summed E-state index contributed by atoms with van der Waals surface area (Å²) in [5, 5.41) is 10.3. The number of aromatic nitrogens is 2. The zero-order chi connectivity index (χ0) is 40.1. The van der Waals surface area contributed by atoms with Crippen LogP contribution in [0.3, 0.4) is 0 Å². The molecule has 2 aliphatic heterocycles. The number of carbonyl (C=O) groups is 5. The highest BCUT2D eigenvalue weighted by Gasteiger charge is 2.39. The number of amides is 5. The predicted molar refractivity (Wildman–Crippen MR) is 212 cm³/mol. The maximum atomic E-state index is 13.5. The SMILES string of the molecule is COC(=O)NC(C(=O)N1CCCC1c1ncc(-c2ccc(-c3ccc4cc(NC(=O)C5CCCN5C(=O)[C@@H](NC(=O)OC)C(C)C)ccc4c3)cc2)[nH]1)C(C)C. The van der Waals surface area contributed by atoms with Crippen molar-refractivity contribution in [1.29, 1.82) is 0 Å². The molecular formula is C42H51N7O7. The number of anilines is 1. The van der Waals surface area contributed by atoms with Crippen LogP contribution in [0.1, 0.15) is 65.2 Å². The number of carbonyl (C=O) groups excluding carboxylic acids is 5. The summed E-state index contributed by atoms with van der Waals surface area (Å²) in [5.74, 6) is -0.301. The van der Waals surface area contributed by atoms with E-state index in [4.69, 9.17) is 9.47 Å². The molecule has 4 aromatic rings. The monoisotopic (exact) mass is 765 g/mol. The Balaban J connectivity index is 1.11. The third-order valence-corrected chi connectivity index (χ3v) is 10.7. The second kappa shape index (κ2) is 17.3. The molecule has 3 heterocycles. The first-order valence-corrected chi connectivity index (χ1v) is 19.2. The Morgan fingerprint density at radius 2 is 1.27 bits per heavy atom. The maximum absolute atomic E-state index is 13.5. The minimum atomic E-state index is -0.797. The van der Waals surface area contributed by atoms with E-state index in [0.717, 1.165) is 46.0 Å². The minimum absolute atomic E-state index is 0.113. The van der Waals surface area contributed by atoms with Crippen molar-refractivity contribution >= 4 is 46.4 Å². The van der Waals surface area contributed by atoms with E-state index < -0.39 is 30.3 Å². The molecule has 14 nitrogen and oxygen atoms in total. The lowest BCUT2D eigenvalue weighted by Gasteiger charge is -2.30. The summed E-state index contributed by atoms with van der Waals surface area (Å²) in [4.78, 5) is 75.7. The second-order valence-electron chi connectivity index (χ2n) is 15.1. The van der Waals surface area contributed by atoms with Gasteiger partial charge in [-0.1, -0.05) is 70.2 Å². The number of imidazole rings is 1. The van der Waals surface area contributed by atoms with Crippen LogP contribution in [-0.2, 0) is 23.9 Å². The minimum Gasteiger partial charge on any atom is -0.453 e. The number of methoxy groups -OCH3 is 2. The number of aromatic amines is 1. The summed E-state index contributed by atoms with van der Waals surface area (Å²) in [6, 6.07) is 17.7. The van der Waals surface area contributed by atoms with Gasteiger partial charge in [-0.3, -0.25) is 14.4 Å². The van der Waals surface area contributed by atoms with Crippen molar-refractivity contribution in [2.45, 2.75) is 77.5 Å². The molecule has 1 aromatic heterocycles. The molecule has 4 atom stereocenters. The number of ether oxygens (including phenoxy) is 2. The topological polar surface area (TPSA) is 175 Å². The predicted octanol–water partition coefficient (Wildman–Crippen LogP) is 6.25. The van der Waals surface area contributed by atoms with Gasteiger partial charge in [0.2, 0.25) is 17.7 Å². The summed E-state index contributed by atoms with van der Waals surface area (Å²) in [7, 11) is 2.53. The lowest BCUT2D eigenvalue weighted by Crippen LogP contribution is -2.54. The first kappa shape index (κ1) is 39.8. The number of likely N-dealkylation sites (tertiary alicyclic amines) is 2. The highest BCUT2D eigenvalue weighted by molar-refractivity contribution is 6.00. The number of hydrogen-bond acceptors (Lipinski definition) is 8. The van der Waals surface area contributed by atoms with Crippen LogP contribution < -0.4 is 16.0 Å². The molecule has 14 heteroatoms. The number of nitrogens with one attached hydrogen (secondary N) is 4. The van der Waals surface area contributed by atoms with Gasteiger partial charge in [-0.05, 0) is 83.2 Å². The fraction of sp³-hybridized carbons (Fsp3) is 0.429. The summed E-state index contributed by atoms with van der Waals surface area (Å²) in [5.41, 5.74) is 4.50. The molecule has 5 amide bonds. The molecule has 6 rings (SSSR count). The van der Waals surface area contributed by atoms with E-state index in [1.54, 1.807) is 16.0 Å². The zero-order valence-electron chi connectivity index (χ0n) is 32.8. The van der Waals surface area contributed by atoms with Gasteiger partial charge in [-0.15, -0.1) is 0 Å². The molecule has 2 fully saturated rings. The highest BCUT2D eigenvalue weighted by atomic mass is 16.5. The fourth-order valence-electron chi connectivity index (χ4n) is 7.60. The van der Waals surface area contributed by atoms with Crippen LogP contribution in [0.4, 0.5) is 15.3 Å². The van der Waals surface area contributed by atoms with Crippen LogP contribution >= 0.6 is 0 Å². The van der Waals surface area contributed by atoms with Crippen LogP contribution in [0, 0.1) is 11.8 Å². The van der Waals surface area contributed by atoms with E-state index in [9.17, 15) is 24.0 Å². The molecule has 56 heavy (non-hydrogen) atoms. The van der Waals surface area contributed by atoms with Gasteiger partial charge in [0.15, 0.2) is 0 Å². The van der Waals surface area contributed by atoms with Gasteiger partial charge < -0.3 is 40.2 Å². The van der Waals surface area contributed by atoms with Gasteiger partial charge >= 0.3 is 12.2 Å². The maximum Gasteiger partial charge on any atom is 0.407 e. The molecular weight excluding hydrogens is 715 g/mol. The number of H-pyrrole nitrogens is 1. The van der Waals surface area contributed by atoms with Crippen molar-refractivity contribution in [2.24, 2.45) is 11.8 Å². The van der Waals surface area contributed by atoms with Crippen molar-refractivity contribution in [3.05, 3.63) is 72.7 Å². The van der Waals surface area contributed by atoms with Crippen LogP contribution in [-0.4, -0.2) is 95.1 Å². The number of alkyl carbamates (subject to hydrolysis) is 2. The van der Waals surface area contributed by atoms with Gasteiger partial charge in [-0.2, -0.15) is 0 Å². The molecule has 2 saturated heterocycles. The Labute approximate surface area is 326 Å². The summed E-state index contributed by atoms with van der Waals surface area (Å²) >= 11 is 0. The number of hydrogen-bond donors (Lipinski definition) is 4. The van der Waals surface area contributed by atoms with E-state index in [-0.39, 0.29) is 35.6 Å². The molecule has 2 aliphatic rings. The highest BCUT2D eigenvalue weighted by Crippen LogP contribution is 2.34. The van der Waals surface area contributed by atoms with E-state index in [1.165, 1.54) is 14.2 Å². The lowest BCUT2D eigenvalue weighted by molar-refractivity contribution is -0.139. The average Bonchev–Trinajstić information content (AvgIpc) is 4.00. The number of nitrogens with zero attached hydrogens (tertiary/aromatic N) is 3. The Morgan fingerprint density at radius 1 is 0.714 bits per heavy atom. The van der Waals surface area contributed by atoms with E-state index >= 15 is 0 Å². The lowest BCUT2D eigenvalue weighted by atomic mass is 9.99. The third kappa shape index (κ3) is 8.64. The van der Waals surface area contributed by atoms with Gasteiger partial charge in [-0.25, -0.2) is 14.6 Å². The molecule has 0 saturated carbocycles. The van der Waals surface area contributed by atoms with Crippen LogP contribution in [0.15, 0.2) is 66.9 Å². The molecule has 296 valence electrons. The summed E-state index contributed by atoms with van der Waals surface area (Å²) < 4.78 is 9.46. The Kier molecular flexibility index (Phi) is 12.3. The first-order chi connectivity index (χ1) is 26.9. The first-order valence-electron chi connectivity index (χ1n) is 19.2. The average molecular weight is 766 g/mol. The van der Waals surface area contributed by atoms with Crippen molar-refractivity contribution < 1.29 is 33.4 Å². The van der Waals surface area contributed by atoms with Gasteiger partial charge in [0.1, 0.15) is 23.9 Å². The smallest absolute Gasteiger partial charge is 0.407 e. The van der Waals surface area contributed by atoms with Gasteiger partial charge in [0.25, 0.3) is 0 Å². The van der Waals surface area contributed by atoms with Crippen LogP contribution in [0.2, 0.25) is 0 Å². The number of rotatable bonds is 11. The van der Waals surface area contributed by atoms with Gasteiger partial charge in [0, 0.05) is 18.8 Å². The summed E-state index contributed by atoms with van der Waals surface area (Å²) in [6.45, 7) is 8.48. The third-order valence-electron chi connectivity index (χ3n) is 10.7. The van der Waals surface area contributed by atoms with E-state index in [0.29, 0.717) is 37.4 Å². The quantitative estimate of drug-likeness (QED) is 0.139. The Morgan fingerprint density at radius 3 is 1.91 bits per heavy atom. The zero-order valence-corrected chi connectivity index (χ0v) is 32.8. The standard InChI is InChI=1S/C42H51N7O7/c1-24(2)35(46-41(53)55-5)39(51)48-19-7-9-33(48)37-43-23-32(45-37)27-13-11-26(12-14-27)28-15-16-30-22-31(18-17-29(30)21-28)44-38(50)34-10-8-20-49(34)40(52)36(25(3)4)47-42(54)56-6/h11-18,21-25,33-36H,7-10,19-20H2,1-6H3,(H,43,45)(H,44,50)(H,46,53)(H,47,54)/t33?,34?,35?,36-/m0/s1. The van der Waals surface area contributed by atoms with Crippen LogP contribution in [0.5, 0.6) is 0 Å². The summed E-state index contributed by atoms with van der Waals surface area (Å²) in [6.07, 6.45) is 3.31. The van der Waals surface area contributed by atoms with E-state index in [1.807, 2.05) is 70.2 Å². The second-order valence-corrected chi connectivity index (χ2v) is 15.1. The molecule has 0 radical (unpaired) electrons. The number of benzene rings is 3. The van der Waals surface area contributed by atoms with Crippen molar-refractivity contribution in [3.63, 3.8) is 0 Å². The Hall–Kier alpha value is -5.92. The van der Waals surface area contributed by atoms with E-state index in [2.05, 4.69) is 44.1 Å². The normalized spacial score (nSPS) is 17.9. The van der Waals surface area contributed by atoms with Crippen molar-refractivity contribution in [1.82, 2.24) is 30.4 Å². The van der Waals surface area contributed by atoms with Crippen molar-refractivity contribution in [3.8, 4) is 22.4 Å². The number of fused-ring (bicyclic) bond motifs is 1. The molecule has 0 aliphatic carbocycles. The molecule has 3 unspecified atom stereocenters. The van der Waals surface area contributed by atoms with Crippen LogP contribution in [0.25, 0.3) is 33.2 Å².